The molecule has 1 aromatic rings. The second kappa shape index (κ2) is 6.35. The Bertz CT molecular complexity index is 288. The molecular formula is C10H19N3S2. The maximum Gasteiger partial charge on any atom is 0.185 e. The van der Waals surface area contributed by atoms with Gasteiger partial charge in [-0.15, -0.1) is 11.3 Å². The third-order valence-corrected chi connectivity index (χ3v) is 4.25. The van der Waals surface area contributed by atoms with Gasteiger partial charge in [0.15, 0.2) is 5.13 Å². The van der Waals surface area contributed by atoms with E-state index in [1.807, 2.05) is 18.0 Å². The van der Waals surface area contributed by atoms with Crippen molar-refractivity contribution in [1.29, 1.82) is 0 Å². The molecule has 0 amide bonds. The van der Waals surface area contributed by atoms with Crippen molar-refractivity contribution in [1.82, 2.24) is 4.98 Å². The third-order valence-electron chi connectivity index (χ3n) is 2.42. The molecule has 0 fully saturated rings. The van der Waals surface area contributed by atoms with E-state index in [0.717, 1.165) is 22.2 Å². The summed E-state index contributed by atoms with van der Waals surface area (Å²) in [7, 11) is 2.11. The summed E-state index contributed by atoms with van der Waals surface area (Å²) in [5, 5.41) is 1.08. The average molecular weight is 245 g/mol. The van der Waals surface area contributed by atoms with E-state index in [-0.39, 0.29) is 0 Å². The van der Waals surface area contributed by atoms with Gasteiger partial charge in [-0.25, -0.2) is 4.98 Å². The number of hydrogen-bond acceptors (Lipinski definition) is 5. The number of aromatic nitrogens is 1. The van der Waals surface area contributed by atoms with E-state index in [9.17, 15) is 0 Å². The number of anilines is 1. The Balaban J connectivity index is 2.68. The van der Waals surface area contributed by atoms with Crippen LogP contribution in [-0.2, 0) is 6.54 Å². The van der Waals surface area contributed by atoms with E-state index < -0.39 is 0 Å². The summed E-state index contributed by atoms with van der Waals surface area (Å²) >= 11 is 3.57. The van der Waals surface area contributed by atoms with Crippen molar-refractivity contribution >= 4 is 28.2 Å². The number of hydrogen-bond donors (Lipinski definition) is 1. The van der Waals surface area contributed by atoms with Gasteiger partial charge >= 0.3 is 0 Å². The first-order valence-corrected chi connectivity index (χ1v) is 7.30. The van der Waals surface area contributed by atoms with E-state index in [2.05, 4.69) is 30.1 Å². The van der Waals surface area contributed by atoms with Gasteiger partial charge in [0.2, 0.25) is 0 Å². The summed E-state index contributed by atoms with van der Waals surface area (Å²) in [5.74, 6) is 1.14. The lowest BCUT2D eigenvalue weighted by Gasteiger charge is -2.26. The predicted octanol–water partition coefficient (Wildman–Crippen LogP) is 2.18. The molecule has 1 atom stereocenters. The zero-order valence-electron chi connectivity index (χ0n) is 9.56. The molecule has 1 unspecified atom stereocenters. The highest BCUT2D eigenvalue weighted by atomic mass is 32.2. The Kier molecular flexibility index (Phi) is 5.42. The first-order chi connectivity index (χ1) is 7.22. The smallest absolute Gasteiger partial charge is 0.185 e. The Hall–Kier alpha value is -0.260. The summed E-state index contributed by atoms with van der Waals surface area (Å²) in [6.45, 7) is 2.81. The zero-order valence-corrected chi connectivity index (χ0v) is 11.2. The monoisotopic (exact) mass is 245 g/mol. The van der Waals surface area contributed by atoms with Crippen molar-refractivity contribution in [3.05, 3.63) is 11.1 Å². The number of nitrogens with two attached hydrogens (primary N) is 1. The molecule has 1 aromatic heterocycles. The van der Waals surface area contributed by atoms with E-state index in [0.29, 0.717) is 12.6 Å². The highest BCUT2D eigenvalue weighted by Crippen LogP contribution is 2.24. The van der Waals surface area contributed by atoms with Crippen molar-refractivity contribution in [2.24, 2.45) is 5.73 Å². The number of nitrogens with zero attached hydrogens (tertiary/aromatic N) is 2. The summed E-state index contributed by atoms with van der Waals surface area (Å²) < 4.78 is 0. The van der Waals surface area contributed by atoms with Crippen LogP contribution in [0.3, 0.4) is 0 Å². The largest absolute Gasteiger partial charge is 0.347 e. The van der Waals surface area contributed by atoms with Crippen LogP contribution in [0.1, 0.15) is 18.2 Å². The molecule has 1 heterocycles. The molecule has 0 saturated heterocycles. The molecule has 15 heavy (non-hydrogen) atoms. The number of thiazole rings is 1. The van der Waals surface area contributed by atoms with Gasteiger partial charge in [0.1, 0.15) is 0 Å². The van der Waals surface area contributed by atoms with Crippen LogP contribution in [0.2, 0.25) is 0 Å². The molecule has 3 nitrogen and oxygen atoms in total. The normalized spacial score (nSPS) is 12.8. The van der Waals surface area contributed by atoms with E-state index in [4.69, 9.17) is 5.73 Å². The molecule has 0 spiro atoms. The van der Waals surface area contributed by atoms with Crippen molar-refractivity contribution in [2.75, 3.05) is 24.0 Å². The number of thioether (sulfide) groups is 1. The molecule has 0 aromatic carbocycles. The zero-order chi connectivity index (χ0) is 11.3. The lowest BCUT2D eigenvalue weighted by Crippen LogP contribution is -2.32. The van der Waals surface area contributed by atoms with E-state index >= 15 is 0 Å². The Morgan fingerprint density at radius 2 is 2.40 bits per heavy atom. The summed E-state index contributed by atoms with van der Waals surface area (Å²) in [6.07, 6.45) is 5.17. The van der Waals surface area contributed by atoms with Gasteiger partial charge in [-0.05, 0) is 12.7 Å². The molecule has 1 rings (SSSR count). The molecule has 86 valence electrons. The van der Waals surface area contributed by atoms with Crippen LogP contribution >= 0.6 is 23.1 Å². The van der Waals surface area contributed by atoms with Gasteiger partial charge in [0.05, 0.1) is 0 Å². The molecule has 0 aliphatic rings. The van der Waals surface area contributed by atoms with Gasteiger partial charge in [0.25, 0.3) is 0 Å². The highest BCUT2D eigenvalue weighted by molar-refractivity contribution is 7.98. The van der Waals surface area contributed by atoms with Crippen LogP contribution in [0, 0.1) is 0 Å². The van der Waals surface area contributed by atoms with Gasteiger partial charge in [-0.3, -0.25) is 0 Å². The highest BCUT2D eigenvalue weighted by Gasteiger charge is 2.15. The van der Waals surface area contributed by atoms with E-state index in [1.54, 1.807) is 11.3 Å². The SMILES string of the molecule is CCC(CSC)N(C)c1ncc(CN)s1. The second-order valence-electron chi connectivity index (χ2n) is 3.44. The molecule has 0 bridgehead atoms. The maximum absolute atomic E-state index is 5.58. The lowest BCUT2D eigenvalue weighted by molar-refractivity contribution is 0.671. The van der Waals surface area contributed by atoms with Crippen molar-refractivity contribution in [3.8, 4) is 0 Å². The van der Waals surface area contributed by atoms with Crippen molar-refractivity contribution in [3.63, 3.8) is 0 Å². The molecule has 0 aliphatic carbocycles. The van der Waals surface area contributed by atoms with Crippen LogP contribution < -0.4 is 10.6 Å². The molecule has 0 saturated carbocycles. The topological polar surface area (TPSA) is 42.2 Å². The average Bonchev–Trinajstić information content (AvgIpc) is 2.73. The van der Waals surface area contributed by atoms with Crippen LogP contribution in [0.4, 0.5) is 5.13 Å². The van der Waals surface area contributed by atoms with Crippen molar-refractivity contribution < 1.29 is 0 Å². The molecule has 0 radical (unpaired) electrons. The summed E-state index contributed by atoms with van der Waals surface area (Å²) in [4.78, 5) is 7.81. The molecule has 2 N–H and O–H groups in total. The standard InChI is InChI=1S/C10H19N3S2/c1-4-8(7-14-3)13(2)10-12-6-9(5-11)15-10/h6,8H,4-5,7,11H2,1-3H3. The Morgan fingerprint density at radius 1 is 1.67 bits per heavy atom. The molecular weight excluding hydrogens is 226 g/mol. The fourth-order valence-corrected chi connectivity index (χ4v) is 3.07. The second-order valence-corrected chi connectivity index (χ2v) is 5.45. The minimum atomic E-state index is 0.566. The summed E-state index contributed by atoms with van der Waals surface area (Å²) in [5.41, 5.74) is 5.58. The van der Waals surface area contributed by atoms with Crippen LogP contribution in [0.15, 0.2) is 6.20 Å². The van der Waals surface area contributed by atoms with Crippen molar-refractivity contribution in [2.45, 2.75) is 25.9 Å². The van der Waals surface area contributed by atoms with Gasteiger partial charge in [-0.1, -0.05) is 6.92 Å². The first kappa shape index (κ1) is 12.8. The third kappa shape index (κ3) is 3.36. The fraction of sp³-hybridized carbons (Fsp3) is 0.700. The fourth-order valence-electron chi connectivity index (χ4n) is 1.41. The Labute approximate surface area is 100 Å². The number of rotatable bonds is 6. The minimum absolute atomic E-state index is 0.566. The predicted molar refractivity (Wildman–Crippen MR) is 70.9 cm³/mol. The van der Waals surface area contributed by atoms with Gasteiger partial charge in [-0.2, -0.15) is 11.8 Å². The first-order valence-electron chi connectivity index (χ1n) is 5.09. The van der Waals surface area contributed by atoms with Crippen LogP contribution in [0.25, 0.3) is 0 Å². The summed E-state index contributed by atoms with van der Waals surface area (Å²) in [6, 6.07) is 0.566. The van der Waals surface area contributed by atoms with E-state index in [1.165, 1.54) is 0 Å². The molecule has 0 aliphatic heterocycles. The molecule has 5 heteroatoms. The Morgan fingerprint density at radius 3 is 2.87 bits per heavy atom. The van der Waals surface area contributed by atoms with Crippen LogP contribution in [-0.4, -0.2) is 30.1 Å². The van der Waals surface area contributed by atoms with Gasteiger partial charge < -0.3 is 10.6 Å². The lowest BCUT2D eigenvalue weighted by atomic mass is 10.2. The van der Waals surface area contributed by atoms with Gasteiger partial charge in [0, 0.05) is 36.5 Å². The van der Waals surface area contributed by atoms with Crippen LogP contribution in [0.5, 0.6) is 0 Å². The minimum Gasteiger partial charge on any atom is -0.347 e. The maximum atomic E-state index is 5.58. The quantitative estimate of drug-likeness (QED) is 0.834.